The van der Waals surface area contributed by atoms with Gasteiger partial charge in [0, 0.05) is 44.3 Å². The normalized spacial score (nSPS) is 27.5. The number of hydrogen-bond donors (Lipinski definition) is 0. The van der Waals surface area contributed by atoms with Crippen LogP contribution in [0.2, 0.25) is 0 Å². The van der Waals surface area contributed by atoms with Gasteiger partial charge in [0.05, 0.1) is 5.92 Å². The third-order valence-electron chi connectivity index (χ3n) is 5.73. The van der Waals surface area contributed by atoms with Crippen LogP contribution in [-0.4, -0.2) is 60.4 Å². The van der Waals surface area contributed by atoms with E-state index >= 15 is 0 Å². The topological polar surface area (TPSA) is 43.9 Å². The van der Waals surface area contributed by atoms with Crippen LogP contribution >= 0.6 is 0 Å². The minimum absolute atomic E-state index is 0.0535. The highest BCUT2D eigenvalue weighted by molar-refractivity contribution is 6.00. The Kier molecular flexibility index (Phi) is 4.46. The van der Waals surface area contributed by atoms with Crippen molar-refractivity contribution in [2.75, 3.05) is 37.6 Å². The molecule has 0 saturated carbocycles. The summed E-state index contributed by atoms with van der Waals surface area (Å²) in [4.78, 5) is 31.4. The molecular formula is C19H24FN3O2. The molecule has 0 bridgehead atoms. The van der Waals surface area contributed by atoms with E-state index in [2.05, 4.69) is 4.90 Å². The molecule has 1 aromatic rings. The molecule has 3 aliphatic rings. The largest absolute Gasteiger partial charge is 0.341 e. The predicted octanol–water partition coefficient (Wildman–Crippen LogP) is 1.88. The molecule has 134 valence electrons. The van der Waals surface area contributed by atoms with E-state index in [0.29, 0.717) is 18.3 Å². The molecule has 2 amide bonds. The summed E-state index contributed by atoms with van der Waals surface area (Å²) in [6.07, 6.45) is 3.63. The van der Waals surface area contributed by atoms with Gasteiger partial charge >= 0.3 is 0 Å². The average molecular weight is 345 g/mol. The van der Waals surface area contributed by atoms with Crippen molar-refractivity contribution in [2.45, 2.75) is 31.7 Å². The van der Waals surface area contributed by atoms with Crippen LogP contribution in [0, 0.1) is 11.7 Å². The molecule has 3 heterocycles. The Morgan fingerprint density at radius 3 is 2.60 bits per heavy atom. The van der Waals surface area contributed by atoms with Gasteiger partial charge in [-0.3, -0.25) is 14.5 Å². The maximum atomic E-state index is 13.1. The van der Waals surface area contributed by atoms with E-state index in [0.717, 1.165) is 39.0 Å². The number of amides is 2. The van der Waals surface area contributed by atoms with Crippen LogP contribution in [0.3, 0.4) is 0 Å². The number of benzene rings is 1. The van der Waals surface area contributed by atoms with Gasteiger partial charge in [-0.25, -0.2) is 4.39 Å². The zero-order chi connectivity index (χ0) is 17.4. The average Bonchev–Trinajstić information content (AvgIpc) is 3.16. The van der Waals surface area contributed by atoms with Crippen molar-refractivity contribution < 1.29 is 14.0 Å². The molecule has 0 unspecified atom stereocenters. The van der Waals surface area contributed by atoms with Crippen molar-refractivity contribution in [3.05, 3.63) is 30.1 Å². The molecular weight excluding hydrogens is 321 g/mol. The smallest absolute Gasteiger partial charge is 0.228 e. The second-order valence-electron chi connectivity index (χ2n) is 7.35. The van der Waals surface area contributed by atoms with E-state index in [4.69, 9.17) is 0 Å². The van der Waals surface area contributed by atoms with Crippen LogP contribution in [0.25, 0.3) is 0 Å². The van der Waals surface area contributed by atoms with Gasteiger partial charge in [0.2, 0.25) is 11.8 Å². The zero-order valence-electron chi connectivity index (χ0n) is 14.4. The lowest BCUT2D eigenvalue weighted by atomic mass is 10.1. The van der Waals surface area contributed by atoms with Gasteiger partial charge < -0.3 is 9.80 Å². The van der Waals surface area contributed by atoms with Gasteiger partial charge in [0.1, 0.15) is 5.82 Å². The van der Waals surface area contributed by atoms with Gasteiger partial charge in [-0.2, -0.15) is 0 Å². The first-order valence-electron chi connectivity index (χ1n) is 9.20. The highest BCUT2D eigenvalue weighted by Gasteiger charge is 2.39. The van der Waals surface area contributed by atoms with Gasteiger partial charge in [0.15, 0.2) is 0 Å². The lowest BCUT2D eigenvalue weighted by Crippen LogP contribution is -2.42. The lowest BCUT2D eigenvalue weighted by Gasteiger charge is -2.27. The van der Waals surface area contributed by atoms with Gasteiger partial charge in [-0.15, -0.1) is 0 Å². The standard InChI is InChI=1S/C19H24FN3O2/c20-15-4-6-16(7-5-15)23-12-14(11-18(23)24)19(25)22-10-2-9-21-8-1-3-17(21)13-22/h4-7,14,17H,1-3,8-13H2/t14-,17+/m0/s1. The second-order valence-corrected chi connectivity index (χ2v) is 7.35. The van der Waals surface area contributed by atoms with E-state index in [-0.39, 0.29) is 30.0 Å². The summed E-state index contributed by atoms with van der Waals surface area (Å²) in [6.45, 7) is 4.19. The van der Waals surface area contributed by atoms with Gasteiger partial charge in [0.25, 0.3) is 0 Å². The first kappa shape index (κ1) is 16.5. The summed E-state index contributed by atoms with van der Waals surface area (Å²) in [7, 11) is 0. The highest BCUT2D eigenvalue weighted by atomic mass is 19.1. The Morgan fingerprint density at radius 1 is 1.04 bits per heavy atom. The monoisotopic (exact) mass is 345 g/mol. The molecule has 0 radical (unpaired) electrons. The first-order valence-corrected chi connectivity index (χ1v) is 9.20. The summed E-state index contributed by atoms with van der Waals surface area (Å²) in [5.74, 6) is -0.562. The van der Waals surface area contributed by atoms with Crippen LogP contribution in [0.5, 0.6) is 0 Å². The van der Waals surface area contributed by atoms with Crippen LogP contribution in [0.4, 0.5) is 10.1 Å². The maximum absolute atomic E-state index is 13.1. The summed E-state index contributed by atoms with van der Waals surface area (Å²) >= 11 is 0. The molecule has 0 aliphatic carbocycles. The van der Waals surface area contributed by atoms with Gasteiger partial charge in [-0.1, -0.05) is 0 Å². The molecule has 0 spiro atoms. The number of fused-ring (bicyclic) bond motifs is 1. The molecule has 1 aromatic carbocycles. The fourth-order valence-electron chi connectivity index (χ4n) is 4.41. The summed E-state index contributed by atoms with van der Waals surface area (Å²) < 4.78 is 13.1. The number of nitrogens with zero attached hydrogens (tertiary/aromatic N) is 3. The Morgan fingerprint density at radius 2 is 1.80 bits per heavy atom. The fraction of sp³-hybridized carbons (Fsp3) is 0.579. The highest BCUT2D eigenvalue weighted by Crippen LogP contribution is 2.28. The number of halogens is 1. The van der Waals surface area contributed by atoms with E-state index in [9.17, 15) is 14.0 Å². The molecule has 5 nitrogen and oxygen atoms in total. The fourth-order valence-corrected chi connectivity index (χ4v) is 4.41. The molecule has 0 aromatic heterocycles. The van der Waals surface area contributed by atoms with E-state index in [1.54, 1.807) is 17.0 Å². The van der Waals surface area contributed by atoms with Crippen molar-refractivity contribution in [3.63, 3.8) is 0 Å². The van der Waals surface area contributed by atoms with Crippen molar-refractivity contribution in [3.8, 4) is 0 Å². The molecule has 3 aliphatic heterocycles. The number of rotatable bonds is 2. The summed E-state index contributed by atoms with van der Waals surface area (Å²) in [5, 5.41) is 0. The van der Waals surface area contributed by atoms with E-state index < -0.39 is 0 Å². The third kappa shape index (κ3) is 3.27. The molecule has 2 atom stereocenters. The molecule has 4 rings (SSSR count). The molecule has 0 N–H and O–H groups in total. The second kappa shape index (κ2) is 6.75. The van der Waals surface area contributed by atoms with Crippen molar-refractivity contribution in [1.82, 2.24) is 9.80 Å². The third-order valence-corrected chi connectivity index (χ3v) is 5.73. The van der Waals surface area contributed by atoms with Crippen LogP contribution < -0.4 is 4.90 Å². The minimum Gasteiger partial charge on any atom is -0.341 e. The van der Waals surface area contributed by atoms with E-state index in [1.807, 2.05) is 4.90 Å². The Balaban J connectivity index is 1.44. The number of hydrogen-bond acceptors (Lipinski definition) is 3. The Bertz CT molecular complexity index is 663. The van der Waals surface area contributed by atoms with Crippen LogP contribution in [0.1, 0.15) is 25.7 Å². The Hall–Kier alpha value is -1.95. The maximum Gasteiger partial charge on any atom is 0.228 e. The predicted molar refractivity (Wildman–Crippen MR) is 92.7 cm³/mol. The molecule has 3 fully saturated rings. The van der Waals surface area contributed by atoms with Crippen molar-refractivity contribution in [1.29, 1.82) is 0 Å². The molecule has 6 heteroatoms. The zero-order valence-corrected chi connectivity index (χ0v) is 14.4. The summed E-state index contributed by atoms with van der Waals surface area (Å²) in [6, 6.07) is 6.38. The number of carbonyl (C=O) groups excluding carboxylic acids is 2. The van der Waals surface area contributed by atoms with E-state index in [1.165, 1.54) is 18.6 Å². The summed E-state index contributed by atoms with van der Waals surface area (Å²) in [5.41, 5.74) is 0.666. The minimum atomic E-state index is -0.325. The number of carbonyl (C=O) groups is 2. The lowest BCUT2D eigenvalue weighted by molar-refractivity contribution is -0.136. The molecule has 25 heavy (non-hydrogen) atoms. The van der Waals surface area contributed by atoms with Crippen molar-refractivity contribution in [2.24, 2.45) is 5.92 Å². The molecule has 3 saturated heterocycles. The quantitative estimate of drug-likeness (QED) is 0.822. The first-order chi connectivity index (χ1) is 12.1. The van der Waals surface area contributed by atoms with Crippen LogP contribution in [-0.2, 0) is 9.59 Å². The SMILES string of the molecule is O=C([C@H]1CC(=O)N(c2ccc(F)cc2)C1)N1CCCN2CCC[C@@H]2C1. The van der Waals surface area contributed by atoms with Crippen LogP contribution in [0.15, 0.2) is 24.3 Å². The Labute approximate surface area is 147 Å². The van der Waals surface area contributed by atoms with Crippen molar-refractivity contribution >= 4 is 17.5 Å². The number of anilines is 1. The van der Waals surface area contributed by atoms with Gasteiger partial charge in [-0.05, 0) is 50.1 Å².